The molecule has 1 amide bonds. The third-order valence-electron chi connectivity index (χ3n) is 4.83. The highest BCUT2D eigenvalue weighted by Crippen LogP contribution is 2.31. The molecule has 2 aliphatic heterocycles. The molecular weight excluding hydrogens is 288 g/mol. The number of carbonyl (C=O) groups excluding carboxylic acids is 1. The molecular formula is C16H21ClN2O2. The molecule has 114 valence electrons. The van der Waals surface area contributed by atoms with Crippen LogP contribution in [0.4, 0.5) is 0 Å². The van der Waals surface area contributed by atoms with E-state index in [9.17, 15) is 4.79 Å². The lowest BCUT2D eigenvalue weighted by molar-refractivity contribution is -0.0445. The number of benzene rings is 1. The number of nitrogens with zero attached hydrogens (tertiary/aromatic N) is 1. The number of morpholine rings is 1. The van der Waals surface area contributed by atoms with Gasteiger partial charge in [-0.15, -0.1) is 12.4 Å². The summed E-state index contributed by atoms with van der Waals surface area (Å²) in [6.07, 6.45) is 3.63. The van der Waals surface area contributed by atoms with Crippen LogP contribution < -0.4 is 5.32 Å². The molecule has 5 heteroatoms. The van der Waals surface area contributed by atoms with Crippen molar-refractivity contribution >= 4 is 18.3 Å². The van der Waals surface area contributed by atoms with Gasteiger partial charge in [-0.3, -0.25) is 4.79 Å². The van der Waals surface area contributed by atoms with E-state index in [0.29, 0.717) is 12.6 Å². The van der Waals surface area contributed by atoms with E-state index in [4.69, 9.17) is 4.74 Å². The van der Waals surface area contributed by atoms with Gasteiger partial charge in [-0.05, 0) is 42.5 Å². The summed E-state index contributed by atoms with van der Waals surface area (Å²) in [4.78, 5) is 14.8. The monoisotopic (exact) mass is 308 g/mol. The first kappa shape index (κ1) is 14.8. The third-order valence-corrected chi connectivity index (χ3v) is 4.83. The fourth-order valence-corrected chi connectivity index (χ4v) is 3.77. The van der Waals surface area contributed by atoms with Crippen molar-refractivity contribution in [1.29, 1.82) is 0 Å². The predicted octanol–water partition coefficient (Wildman–Crippen LogP) is 2.11. The van der Waals surface area contributed by atoms with E-state index in [0.717, 1.165) is 38.0 Å². The van der Waals surface area contributed by atoms with Crippen LogP contribution in [0.2, 0.25) is 0 Å². The molecule has 2 atom stereocenters. The predicted molar refractivity (Wildman–Crippen MR) is 82.6 cm³/mol. The van der Waals surface area contributed by atoms with Gasteiger partial charge in [0, 0.05) is 25.2 Å². The number of amides is 1. The van der Waals surface area contributed by atoms with Crippen molar-refractivity contribution in [3.63, 3.8) is 0 Å². The van der Waals surface area contributed by atoms with Gasteiger partial charge in [0.2, 0.25) is 0 Å². The second-order valence-corrected chi connectivity index (χ2v) is 5.99. The number of hydrogen-bond acceptors (Lipinski definition) is 3. The van der Waals surface area contributed by atoms with Crippen LogP contribution in [0.3, 0.4) is 0 Å². The van der Waals surface area contributed by atoms with E-state index in [2.05, 4.69) is 17.4 Å². The van der Waals surface area contributed by atoms with Crippen LogP contribution in [0.15, 0.2) is 18.2 Å². The van der Waals surface area contributed by atoms with E-state index < -0.39 is 0 Å². The molecule has 0 spiro atoms. The van der Waals surface area contributed by atoms with Crippen LogP contribution in [-0.2, 0) is 17.8 Å². The van der Waals surface area contributed by atoms with Crippen LogP contribution in [0.1, 0.15) is 40.7 Å². The molecule has 1 N–H and O–H groups in total. The van der Waals surface area contributed by atoms with Crippen molar-refractivity contribution < 1.29 is 9.53 Å². The van der Waals surface area contributed by atoms with Crippen molar-refractivity contribution in [2.45, 2.75) is 44.5 Å². The zero-order valence-corrected chi connectivity index (χ0v) is 12.8. The van der Waals surface area contributed by atoms with Crippen molar-refractivity contribution in [3.05, 3.63) is 34.9 Å². The summed E-state index contributed by atoms with van der Waals surface area (Å²) >= 11 is 0. The van der Waals surface area contributed by atoms with Gasteiger partial charge >= 0.3 is 0 Å². The van der Waals surface area contributed by atoms with Gasteiger partial charge in [0.1, 0.15) is 0 Å². The van der Waals surface area contributed by atoms with Crippen molar-refractivity contribution in [1.82, 2.24) is 10.2 Å². The minimum Gasteiger partial charge on any atom is -0.374 e. The van der Waals surface area contributed by atoms with E-state index in [1.165, 1.54) is 17.5 Å². The third kappa shape index (κ3) is 2.56. The number of nitrogens with one attached hydrogen (secondary N) is 1. The van der Waals surface area contributed by atoms with Crippen molar-refractivity contribution in [2.24, 2.45) is 0 Å². The first-order valence-corrected chi connectivity index (χ1v) is 7.58. The maximum absolute atomic E-state index is 12.8. The SMILES string of the molecule is Cl.O=C(c1ccc2c(c1)CNC2)N1CCOC2CCCC21. The summed E-state index contributed by atoms with van der Waals surface area (Å²) in [5, 5.41) is 3.33. The van der Waals surface area contributed by atoms with Gasteiger partial charge in [0.05, 0.1) is 18.8 Å². The lowest BCUT2D eigenvalue weighted by atomic mass is 10.0. The molecule has 0 bridgehead atoms. The highest BCUT2D eigenvalue weighted by Gasteiger charge is 2.38. The maximum Gasteiger partial charge on any atom is 0.254 e. The molecule has 1 saturated heterocycles. The van der Waals surface area contributed by atoms with Gasteiger partial charge in [0.15, 0.2) is 0 Å². The second kappa shape index (κ2) is 5.95. The van der Waals surface area contributed by atoms with Gasteiger partial charge < -0.3 is 15.0 Å². The Kier molecular flexibility index (Phi) is 4.20. The van der Waals surface area contributed by atoms with Gasteiger partial charge in [-0.1, -0.05) is 6.07 Å². The smallest absolute Gasteiger partial charge is 0.254 e. The highest BCUT2D eigenvalue weighted by molar-refractivity contribution is 5.95. The fourth-order valence-electron chi connectivity index (χ4n) is 3.77. The Balaban J connectivity index is 0.00000132. The van der Waals surface area contributed by atoms with Crippen LogP contribution in [0.25, 0.3) is 0 Å². The fraction of sp³-hybridized carbons (Fsp3) is 0.562. The quantitative estimate of drug-likeness (QED) is 0.864. The number of fused-ring (bicyclic) bond motifs is 2. The van der Waals surface area contributed by atoms with Gasteiger partial charge in [0.25, 0.3) is 5.91 Å². The Morgan fingerprint density at radius 3 is 3.00 bits per heavy atom. The Labute approximate surface area is 131 Å². The molecule has 1 saturated carbocycles. The summed E-state index contributed by atoms with van der Waals surface area (Å²) in [6, 6.07) is 6.43. The Morgan fingerprint density at radius 2 is 2.10 bits per heavy atom. The first-order chi connectivity index (χ1) is 9.83. The van der Waals surface area contributed by atoms with E-state index in [1.54, 1.807) is 0 Å². The minimum atomic E-state index is 0. The average molecular weight is 309 g/mol. The summed E-state index contributed by atoms with van der Waals surface area (Å²) in [5.74, 6) is 0.180. The number of rotatable bonds is 1. The largest absolute Gasteiger partial charge is 0.374 e. The molecule has 3 aliphatic rings. The highest BCUT2D eigenvalue weighted by atomic mass is 35.5. The molecule has 2 unspecified atom stereocenters. The zero-order valence-electron chi connectivity index (χ0n) is 12.0. The van der Waals surface area contributed by atoms with Crippen LogP contribution in [-0.4, -0.2) is 36.1 Å². The van der Waals surface area contributed by atoms with E-state index in [-0.39, 0.29) is 24.4 Å². The van der Waals surface area contributed by atoms with Gasteiger partial charge in [-0.25, -0.2) is 0 Å². The molecule has 21 heavy (non-hydrogen) atoms. The Bertz CT molecular complexity index is 549. The first-order valence-electron chi connectivity index (χ1n) is 7.58. The molecule has 4 nitrogen and oxygen atoms in total. The van der Waals surface area contributed by atoms with Crippen molar-refractivity contribution in [2.75, 3.05) is 13.2 Å². The molecule has 1 aromatic rings. The summed E-state index contributed by atoms with van der Waals surface area (Å²) in [6.45, 7) is 3.21. The van der Waals surface area contributed by atoms with Gasteiger partial charge in [-0.2, -0.15) is 0 Å². The number of carbonyl (C=O) groups is 1. The van der Waals surface area contributed by atoms with Crippen LogP contribution >= 0.6 is 12.4 Å². The van der Waals surface area contributed by atoms with Crippen LogP contribution in [0, 0.1) is 0 Å². The Hall–Kier alpha value is -1.10. The zero-order chi connectivity index (χ0) is 13.5. The van der Waals surface area contributed by atoms with E-state index >= 15 is 0 Å². The molecule has 0 radical (unpaired) electrons. The molecule has 2 fully saturated rings. The molecule has 1 aliphatic carbocycles. The summed E-state index contributed by atoms with van der Waals surface area (Å²) in [7, 11) is 0. The standard InChI is InChI=1S/C16H20N2O2.ClH/c19-16(11-4-5-12-9-17-10-13(12)8-11)18-6-7-20-15-3-1-2-14(15)18;/h4-5,8,14-15,17H,1-3,6-7,9-10H2;1H. The molecule has 2 heterocycles. The molecule has 4 rings (SSSR count). The van der Waals surface area contributed by atoms with E-state index in [1.807, 2.05) is 11.0 Å². The summed E-state index contributed by atoms with van der Waals surface area (Å²) < 4.78 is 5.79. The normalized spacial score (nSPS) is 27.0. The average Bonchev–Trinajstić information content (AvgIpc) is 3.13. The summed E-state index contributed by atoms with van der Waals surface area (Å²) in [5.41, 5.74) is 3.43. The second-order valence-electron chi connectivity index (χ2n) is 5.99. The number of ether oxygens (including phenoxy) is 1. The Morgan fingerprint density at radius 1 is 1.24 bits per heavy atom. The number of hydrogen-bond donors (Lipinski definition) is 1. The number of halogens is 1. The lowest BCUT2D eigenvalue weighted by Gasteiger charge is -2.37. The molecule has 1 aromatic carbocycles. The molecule has 0 aromatic heterocycles. The van der Waals surface area contributed by atoms with Crippen LogP contribution in [0.5, 0.6) is 0 Å². The topological polar surface area (TPSA) is 41.6 Å². The minimum absolute atomic E-state index is 0. The van der Waals surface area contributed by atoms with Crippen molar-refractivity contribution in [3.8, 4) is 0 Å². The maximum atomic E-state index is 12.8. The lowest BCUT2D eigenvalue weighted by Crippen LogP contribution is -2.51.